The number of fused-ring (bicyclic) bond motifs is 3. The maximum Gasteiger partial charge on any atom is 0.253 e. The van der Waals surface area contributed by atoms with Crippen molar-refractivity contribution in [3.05, 3.63) is 47.0 Å². The number of nitrogen functional groups attached to an aromatic ring is 1. The summed E-state index contributed by atoms with van der Waals surface area (Å²) in [5.41, 5.74) is 16.1. The van der Waals surface area contributed by atoms with Gasteiger partial charge in [-0.15, -0.1) is 0 Å². The summed E-state index contributed by atoms with van der Waals surface area (Å²) >= 11 is 0. The number of phenols is 1. The molecule has 0 aliphatic carbocycles. The second-order valence-electron chi connectivity index (χ2n) is 6.39. The molecule has 0 aliphatic heterocycles. The van der Waals surface area contributed by atoms with Gasteiger partial charge in [0.05, 0.1) is 22.3 Å². The highest BCUT2D eigenvalue weighted by Gasteiger charge is 2.26. The standard InChI is InChI=1S/C18H18N6O2/c1-8-4-5-11(25)10(3)14(8)24-15(19)12(16(20)26)13-17(24)21-7-23-6-9(2)22-18(13)23/h4-7,25H,19H2,1-3H3,(H2,20,26). The lowest BCUT2D eigenvalue weighted by atomic mass is 10.1. The van der Waals surface area contributed by atoms with E-state index in [1.807, 2.05) is 20.0 Å². The monoisotopic (exact) mass is 350 g/mol. The summed E-state index contributed by atoms with van der Waals surface area (Å²) in [6.07, 6.45) is 3.43. The molecule has 0 unspecified atom stereocenters. The zero-order valence-electron chi connectivity index (χ0n) is 14.6. The van der Waals surface area contributed by atoms with Crippen molar-refractivity contribution in [2.45, 2.75) is 20.8 Å². The quantitative estimate of drug-likeness (QED) is 0.510. The van der Waals surface area contributed by atoms with E-state index >= 15 is 0 Å². The summed E-state index contributed by atoms with van der Waals surface area (Å²) in [6, 6.07) is 3.40. The topological polar surface area (TPSA) is 124 Å². The van der Waals surface area contributed by atoms with Gasteiger partial charge in [0.15, 0.2) is 5.65 Å². The number of benzene rings is 1. The molecule has 0 bridgehead atoms. The summed E-state index contributed by atoms with van der Waals surface area (Å²) in [4.78, 5) is 21.2. The Kier molecular flexibility index (Phi) is 3.20. The van der Waals surface area contributed by atoms with Gasteiger partial charge >= 0.3 is 0 Å². The summed E-state index contributed by atoms with van der Waals surface area (Å²) in [5.74, 6) is -0.354. The number of hydrogen-bond donors (Lipinski definition) is 3. The number of nitrogens with zero attached hydrogens (tertiary/aromatic N) is 4. The van der Waals surface area contributed by atoms with E-state index in [9.17, 15) is 9.90 Å². The molecule has 3 heterocycles. The fourth-order valence-corrected chi connectivity index (χ4v) is 3.46. The lowest BCUT2D eigenvalue weighted by Gasteiger charge is -2.15. The molecule has 26 heavy (non-hydrogen) atoms. The smallest absolute Gasteiger partial charge is 0.253 e. The number of anilines is 1. The number of aromatic nitrogens is 4. The highest BCUT2D eigenvalue weighted by atomic mass is 16.3. The van der Waals surface area contributed by atoms with E-state index in [1.54, 1.807) is 34.4 Å². The molecule has 1 amide bonds. The highest BCUT2D eigenvalue weighted by molar-refractivity contribution is 6.15. The summed E-state index contributed by atoms with van der Waals surface area (Å²) < 4.78 is 3.39. The third-order valence-electron chi connectivity index (χ3n) is 4.64. The van der Waals surface area contributed by atoms with Crippen LogP contribution in [-0.2, 0) is 0 Å². The maximum atomic E-state index is 12.2. The fourth-order valence-electron chi connectivity index (χ4n) is 3.46. The molecule has 4 aromatic rings. The third kappa shape index (κ3) is 1.98. The Hall–Kier alpha value is -3.55. The number of amides is 1. The minimum atomic E-state index is -0.655. The largest absolute Gasteiger partial charge is 0.508 e. The number of primary amides is 1. The van der Waals surface area contributed by atoms with Crippen molar-refractivity contribution in [3.63, 3.8) is 0 Å². The van der Waals surface area contributed by atoms with Crippen molar-refractivity contribution >= 4 is 28.4 Å². The number of aromatic hydroxyl groups is 1. The first-order valence-corrected chi connectivity index (χ1v) is 8.04. The Morgan fingerprint density at radius 3 is 2.62 bits per heavy atom. The molecule has 132 valence electrons. The number of imidazole rings is 1. The van der Waals surface area contributed by atoms with Gasteiger partial charge < -0.3 is 16.6 Å². The molecule has 0 atom stereocenters. The van der Waals surface area contributed by atoms with Crippen LogP contribution in [0, 0.1) is 20.8 Å². The van der Waals surface area contributed by atoms with Crippen molar-refractivity contribution in [2.75, 3.05) is 5.73 Å². The summed E-state index contributed by atoms with van der Waals surface area (Å²) in [7, 11) is 0. The van der Waals surface area contributed by atoms with Crippen LogP contribution in [0.15, 0.2) is 24.7 Å². The van der Waals surface area contributed by atoms with E-state index in [-0.39, 0.29) is 17.1 Å². The predicted molar refractivity (Wildman–Crippen MR) is 98.6 cm³/mol. The summed E-state index contributed by atoms with van der Waals surface area (Å²) in [5, 5.41) is 10.7. The average molecular weight is 350 g/mol. The molecule has 0 aliphatic rings. The fraction of sp³-hybridized carbons (Fsp3) is 0.167. The van der Waals surface area contributed by atoms with E-state index in [0.29, 0.717) is 27.9 Å². The Bertz CT molecular complexity index is 1220. The van der Waals surface area contributed by atoms with E-state index in [2.05, 4.69) is 9.97 Å². The Labute approximate surface area is 148 Å². The van der Waals surface area contributed by atoms with Crippen molar-refractivity contribution in [1.82, 2.24) is 18.9 Å². The van der Waals surface area contributed by atoms with Gasteiger partial charge in [-0.1, -0.05) is 6.07 Å². The molecule has 0 saturated heterocycles. The number of carbonyl (C=O) groups excluding carboxylic acids is 1. The molecular formula is C18H18N6O2. The van der Waals surface area contributed by atoms with E-state index < -0.39 is 5.91 Å². The Balaban J connectivity index is 2.26. The highest BCUT2D eigenvalue weighted by Crippen LogP contribution is 2.36. The van der Waals surface area contributed by atoms with Crippen LogP contribution in [0.4, 0.5) is 5.82 Å². The SMILES string of the molecule is Cc1cn2cnc3c(c(C(N)=O)c(N)n3-c3c(C)ccc(O)c3C)c2n1. The van der Waals surface area contributed by atoms with Crippen LogP contribution < -0.4 is 11.5 Å². The molecule has 8 nitrogen and oxygen atoms in total. The van der Waals surface area contributed by atoms with Crippen molar-refractivity contribution in [1.29, 1.82) is 0 Å². The summed E-state index contributed by atoms with van der Waals surface area (Å²) in [6.45, 7) is 5.53. The lowest BCUT2D eigenvalue weighted by Crippen LogP contribution is -2.14. The van der Waals surface area contributed by atoms with Crippen molar-refractivity contribution in [3.8, 4) is 11.4 Å². The van der Waals surface area contributed by atoms with Crippen LogP contribution in [0.3, 0.4) is 0 Å². The Morgan fingerprint density at radius 1 is 1.19 bits per heavy atom. The number of phenolic OH excluding ortho intramolecular Hbond substituents is 1. The molecule has 0 fully saturated rings. The first kappa shape index (κ1) is 15.9. The van der Waals surface area contributed by atoms with Crippen molar-refractivity contribution in [2.24, 2.45) is 5.73 Å². The molecule has 4 rings (SSSR count). The normalized spacial score (nSPS) is 11.5. The van der Waals surface area contributed by atoms with Gasteiger partial charge in [-0.05, 0) is 32.4 Å². The Morgan fingerprint density at radius 2 is 1.92 bits per heavy atom. The molecule has 8 heteroatoms. The van der Waals surface area contributed by atoms with E-state index in [1.165, 1.54) is 0 Å². The van der Waals surface area contributed by atoms with Crippen LogP contribution in [0.1, 0.15) is 27.2 Å². The van der Waals surface area contributed by atoms with Gasteiger partial charge in [0.2, 0.25) is 0 Å². The van der Waals surface area contributed by atoms with Crippen molar-refractivity contribution < 1.29 is 9.90 Å². The van der Waals surface area contributed by atoms with Crippen LogP contribution in [0.2, 0.25) is 0 Å². The molecule has 0 saturated carbocycles. The zero-order valence-corrected chi connectivity index (χ0v) is 14.6. The van der Waals surface area contributed by atoms with Gasteiger partial charge in [0.25, 0.3) is 5.91 Å². The number of aryl methyl sites for hydroxylation is 2. The number of rotatable bonds is 2. The second-order valence-corrected chi connectivity index (χ2v) is 6.39. The van der Waals surface area contributed by atoms with Crippen LogP contribution in [0.25, 0.3) is 22.4 Å². The van der Waals surface area contributed by atoms with Gasteiger partial charge in [-0.2, -0.15) is 0 Å². The molecular weight excluding hydrogens is 332 g/mol. The number of nitrogens with two attached hydrogens (primary N) is 2. The molecule has 3 aromatic heterocycles. The van der Waals surface area contributed by atoms with Gasteiger partial charge in [-0.3, -0.25) is 13.8 Å². The lowest BCUT2D eigenvalue weighted by molar-refractivity contribution is 0.100. The van der Waals surface area contributed by atoms with Crippen LogP contribution in [0.5, 0.6) is 5.75 Å². The van der Waals surface area contributed by atoms with Crippen LogP contribution >= 0.6 is 0 Å². The second kappa shape index (κ2) is 5.22. The molecule has 0 spiro atoms. The van der Waals surface area contributed by atoms with E-state index in [4.69, 9.17) is 11.5 Å². The molecule has 5 N–H and O–H groups in total. The maximum absolute atomic E-state index is 12.2. The first-order valence-electron chi connectivity index (χ1n) is 8.04. The molecule has 0 radical (unpaired) electrons. The van der Waals surface area contributed by atoms with Crippen LogP contribution in [-0.4, -0.2) is 29.9 Å². The van der Waals surface area contributed by atoms with Gasteiger partial charge in [0.1, 0.15) is 23.5 Å². The predicted octanol–water partition coefficient (Wildman–Crippen LogP) is 1.99. The zero-order chi connectivity index (χ0) is 18.7. The number of carbonyl (C=O) groups is 1. The van der Waals surface area contributed by atoms with Gasteiger partial charge in [-0.25, -0.2) is 9.97 Å². The molecule has 1 aromatic carbocycles. The minimum absolute atomic E-state index is 0.130. The minimum Gasteiger partial charge on any atom is -0.508 e. The van der Waals surface area contributed by atoms with E-state index in [0.717, 1.165) is 11.3 Å². The van der Waals surface area contributed by atoms with Gasteiger partial charge in [0, 0.05) is 11.8 Å². The number of hydrogen-bond acceptors (Lipinski definition) is 5. The third-order valence-corrected chi connectivity index (χ3v) is 4.64. The average Bonchev–Trinajstić information content (AvgIpc) is 3.09. The first-order chi connectivity index (χ1) is 12.3.